The van der Waals surface area contributed by atoms with Crippen molar-refractivity contribution in [2.75, 3.05) is 5.01 Å². The number of nitrogens with zero attached hydrogens (tertiary/aromatic N) is 2. The van der Waals surface area contributed by atoms with Gasteiger partial charge in [0.25, 0.3) is 5.91 Å². The van der Waals surface area contributed by atoms with Gasteiger partial charge in [0.05, 0.1) is 27.5 Å². The molecule has 1 atom stereocenters. The Kier molecular flexibility index (Phi) is 5.57. The SMILES string of the molecule is CC[C@H](C)Oc1ccc(/C=C2\C(=O)N(c3ccccc3)N=C2C)cc1Br. The minimum absolute atomic E-state index is 0.121. The van der Waals surface area contributed by atoms with Crippen LogP contribution in [0.15, 0.2) is 63.7 Å². The van der Waals surface area contributed by atoms with Crippen molar-refractivity contribution in [1.82, 2.24) is 0 Å². The molecule has 0 aliphatic carbocycles. The Morgan fingerprint density at radius 1 is 1.23 bits per heavy atom. The average Bonchev–Trinajstić information content (AvgIpc) is 2.92. The second-order valence-electron chi connectivity index (χ2n) is 6.22. The number of ether oxygens (including phenoxy) is 1. The second-order valence-corrected chi connectivity index (χ2v) is 7.08. The van der Waals surface area contributed by atoms with Gasteiger partial charge in [0.1, 0.15) is 5.75 Å². The molecule has 0 unspecified atom stereocenters. The third-order valence-corrected chi connectivity index (χ3v) is 4.85. The van der Waals surface area contributed by atoms with Gasteiger partial charge in [0.15, 0.2) is 0 Å². The maximum absolute atomic E-state index is 12.8. The molecule has 26 heavy (non-hydrogen) atoms. The van der Waals surface area contributed by atoms with E-state index in [1.54, 1.807) is 0 Å². The molecule has 0 aromatic heterocycles. The molecule has 0 spiro atoms. The number of rotatable bonds is 5. The Hall–Kier alpha value is -2.40. The first kappa shape index (κ1) is 18.4. The van der Waals surface area contributed by atoms with Crippen molar-refractivity contribution in [1.29, 1.82) is 0 Å². The second kappa shape index (κ2) is 7.87. The zero-order valence-electron chi connectivity index (χ0n) is 15.1. The molecule has 0 radical (unpaired) electrons. The number of para-hydroxylation sites is 1. The molecule has 0 fully saturated rings. The highest BCUT2D eigenvalue weighted by Crippen LogP contribution is 2.30. The van der Waals surface area contributed by atoms with Crippen molar-refractivity contribution in [3.05, 3.63) is 64.1 Å². The van der Waals surface area contributed by atoms with Crippen molar-refractivity contribution < 1.29 is 9.53 Å². The number of carbonyl (C=O) groups excluding carboxylic acids is 1. The Balaban J connectivity index is 1.85. The summed E-state index contributed by atoms with van der Waals surface area (Å²) in [5, 5.41) is 5.84. The lowest BCUT2D eigenvalue weighted by atomic mass is 10.1. The Morgan fingerprint density at radius 2 is 1.96 bits per heavy atom. The molecule has 1 heterocycles. The van der Waals surface area contributed by atoms with Crippen LogP contribution in [0.5, 0.6) is 5.75 Å². The van der Waals surface area contributed by atoms with Gasteiger partial charge in [-0.05, 0) is 72.1 Å². The number of hydrogen-bond donors (Lipinski definition) is 0. The van der Waals surface area contributed by atoms with E-state index in [9.17, 15) is 4.79 Å². The lowest BCUT2D eigenvalue weighted by Crippen LogP contribution is -2.21. The van der Waals surface area contributed by atoms with E-state index in [-0.39, 0.29) is 12.0 Å². The summed E-state index contributed by atoms with van der Waals surface area (Å²) in [7, 11) is 0. The van der Waals surface area contributed by atoms with Crippen molar-refractivity contribution in [3.8, 4) is 5.75 Å². The summed E-state index contributed by atoms with van der Waals surface area (Å²) in [5.74, 6) is 0.681. The topological polar surface area (TPSA) is 41.9 Å². The molecule has 2 aromatic carbocycles. The summed E-state index contributed by atoms with van der Waals surface area (Å²) in [5.41, 5.74) is 2.98. The van der Waals surface area contributed by atoms with E-state index in [1.165, 1.54) is 5.01 Å². The Morgan fingerprint density at radius 3 is 2.62 bits per heavy atom. The smallest absolute Gasteiger partial charge is 0.280 e. The molecule has 0 N–H and O–H groups in total. The molecule has 0 saturated heterocycles. The molecule has 4 nitrogen and oxygen atoms in total. The van der Waals surface area contributed by atoms with Crippen LogP contribution in [0.2, 0.25) is 0 Å². The molecule has 3 rings (SSSR count). The van der Waals surface area contributed by atoms with Gasteiger partial charge in [-0.25, -0.2) is 0 Å². The van der Waals surface area contributed by atoms with Gasteiger partial charge in [-0.15, -0.1) is 0 Å². The number of halogens is 1. The third kappa shape index (κ3) is 3.88. The van der Waals surface area contributed by atoms with Crippen LogP contribution in [-0.2, 0) is 4.79 Å². The summed E-state index contributed by atoms with van der Waals surface area (Å²) in [6.07, 6.45) is 2.96. The summed E-state index contributed by atoms with van der Waals surface area (Å²) in [4.78, 5) is 12.8. The molecular weight excluding hydrogens is 392 g/mol. The predicted octanol–water partition coefficient (Wildman–Crippen LogP) is 5.43. The summed E-state index contributed by atoms with van der Waals surface area (Å²) < 4.78 is 6.74. The number of anilines is 1. The van der Waals surface area contributed by atoms with Crippen LogP contribution in [0.4, 0.5) is 5.69 Å². The first-order valence-electron chi connectivity index (χ1n) is 8.62. The zero-order chi connectivity index (χ0) is 18.7. The minimum atomic E-state index is -0.121. The van der Waals surface area contributed by atoms with Gasteiger partial charge in [-0.3, -0.25) is 4.79 Å². The van der Waals surface area contributed by atoms with E-state index >= 15 is 0 Å². The first-order chi connectivity index (χ1) is 12.5. The maximum Gasteiger partial charge on any atom is 0.280 e. The zero-order valence-corrected chi connectivity index (χ0v) is 16.7. The third-order valence-electron chi connectivity index (χ3n) is 4.23. The predicted molar refractivity (Wildman–Crippen MR) is 110 cm³/mol. The number of benzene rings is 2. The number of carbonyl (C=O) groups is 1. The van der Waals surface area contributed by atoms with E-state index in [1.807, 2.05) is 68.5 Å². The standard InChI is InChI=1S/C21H21BrN2O2/c1-4-14(2)26-20-11-10-16(13-19(20)22)12-18-15(3)23-24(21(18)25)17-8-6-5-7-9-17/h5-14H,4H2,1-3H3/b18-12-/t14-/m0/s1. The van der Waals surface area contributed by atoms with E-state index in [2.05, 4.69) is 28.0 Å². The van der Waals surface area contributed by atoms with Gasteiger partial charge in [0, 0.05) is 0 Å². The molecule has 1 aliphatic rings. The van der Waals surface area contributed by atoms with Crippen LogP contribution in [0.3, 0.4) is 0 Å². The monoisotopic (exact) mass is 412 g/mol. The van der Waals surface area contributed by atoms with Crippen LogP contribution < -0.4 is 9.75 Å². The van der Waals surface area contributed by atoms with Crippen molar-refractivity contribution in [2.45, 2.75) is 33.3 Å². The largest absolute Gasteiger partial charge is 0.490 e. The van der Waals surface area contributed by atoms with Crippen LogP contribution in [0.1, 0.15) is 32.8 Å². The van der Waals surface area contributed by atoms with Crippen LogP contribution in [0, 0.1) is 0 Å². The average molecular weight is 413 g/mol. The van der Waals surface area contributed by atoms with Crippen LogP contribution >= 0.6 is 15.9 Å². The highest BCUT2D eigenvalue weighted by atomic mass is 79.9. The fourth-order valence-electron chi connectivity index (χ4n) is 2.60. The molecule has 5 heteroatoms. The van der Waals surface area contributed by atoms with E-state index in [0.717, 1.165) is 27.9 Å². The lowest BCUT2D eigenvalue weighted by molar-refractivity contribution is -0.114. The normalized spacial score (nSPS) is 16.8. The first-order valence-corrected chi connectivity index (χ1v) is 9.42. The van der Waals surface area contributed by atoms with Gasteiger partial charge in [0.2, 0.25) is 0 Å². The van der Waals surface area contributed by atoms with Crippen LogP contribution in [-0.4, -0.2) is 17.7 Å². The van der Waals surface area contributed by atoms with Gasteiger partial charge in [-0.2, -0.15) is 10.1 Å². The van der Waals surface area contributed by atoms with E-state index in [0.29, 0.717) is 11.3 Å². The molecule has 0 saturated carbocycles. The lowest BCUT2D eigenvalue weighted by Gasteiger charge is -2.14. The Bertz CT molecular complexity index is 875. The summed E-state index contributed by atoms with van der Waals surface area (Å²) >= 11 is 3.55. The summed E-state index contributed by atoms with van der Waals surface area (Å²) in [6, 6.07) is 15.3. The molecule has 134 valence electrons. The molecule has 1 amide bonds. The van der Waals surface area contributed by atoms with Crippen molar-refractivity contribution >= 4 is 39.3 Å². The highest BCUT2D eigenvalue weighted by Gasteiger charge is 2.28. The van der Waals surface area contributed by atoms with Crippen LogP contribution in [0.25, 0.3) is 6.08 Å². The van der Waals surface area contributed by atoms with Gasteiger partial charge < -0.3 is 4.74 Å². The van der Waals surface area contributed by atoms with Gasteiger partial charge in [-0.1, -0.05) is 31.2 Å². The minimum Gasteiger partial charge on any atom is -0.490 e. The maximum atomic E-state index is 12.8. The Labute approximate surface area is 162 Å². The number of amides is 1. The number of hydrazone groups is 1. The molecule has 2 aromatic rings. The number of hydrogen-bond acceptors (Lipinski definition) is 3. The van der Waals surface area contributed by atoms with Crippen molar-refractivity contribution in [2.24, 2.45) is 5.10 Å². The molecule has 0 bridgehead atoms. The highest BCUT2D eigenvalue weighted by molar-refractivity contribution is 9.10. The van der Waals surface area contributed by atoms with E-state index < -0.39 is 0 Å². The fourth-order valence-corrected chi connectivity index (χ4v) is 3.09. The molecular formula is C21H21BrN2O2. The summed E-state index contributed by atoms with van der Waals surface area (Å²) in [6.45, 7) is 5.98. The van der Waals surface area contributed by atoms with Gasteiger partial charge >= 0.3 is 0 Å². The molecule has 1 aliphatic heterocycles. The van der Waals surface area contributed by atoms with E-state index in [4.69, 9.17) is 4.74 Å². The fraction of sp³-hybridized carbons (Fsp3) is 0.238. The quantitative estimate of drug-likeness (QED) is 0.614. The van der Waals surface area contributed by atoms with Crippen molar-refractivity contribution in [3.63, 3.8) is 0 Å².